The summed E-state index contributed by atoms with van der Waals surface area (Å²) < 4.78 is 10.6. The van der Waals surface area contributed by atoms with Crippen LogP contribution in [0.4, 0.5) is 0 Å². The van der Waals surface area contributed by atoms with Crippen molar-refractivity contribution in [3.63, 3.8) is 0 Å². The molecule has 1 N–H and O–H groups in total. The minimum atomic E-state index is 0.433. The molecule has 0 spiro atoms. The Hall–Kier alpha value is -0.970. The van der Waals surface area contributed by atoms with Crippen molar-refractivity contribution >= 4 is 11.6 Å². The van der Waals surface area contributed by atoms with Crippen LogP contribution in [0.2, 0.25) is 5.02 Å². The molecule has 1 aliphatic rings. The molecule has 0 aliphatic carbocycles. The summed E-state index contributed by atoms with van der Waals surface area (Å²) in [7, 11) is 3.23. The molecule has 1 aromatic carbocycles. The van der Waals surface area contributed by atoms with Crippen molar-refractivity contribution in [1.29, 1.82) is 0 Å². The monoisotopic (exact) mass is 326 g/mol. The quantitative estimate of drug-likeness (QED) is 0.833. The first-order chi connectivity index (χ1) is 10.7. The number of ether oxygens (including phenoxy) is 2. The number of hydrogen-bond donors (Lipinski definition) is 1. The maximum atomic E-state index is 6.41. The van der Waals surface area contributed by atoms with Crippen molar-refractivity contribution in [1.82, 2.24) is 10.2 Å². The smallest absolute Gasteiger partial charge is 0.179 e. The Balaban J connectivity index is 1.90. The second-order valence-corrected chi connectivity index (χ2v) is 6.30. The maximum Gasteiger partial charge on any atom is 0.179 e. The molecule has 124 valence electrons. The highest BCUT2D eigenvalue weighted by Crippen LogP contribution is 2.37. The van der Waals surface area contributed by atoms with E-state index in [0.717, 1.165) is 18.7 Å². The zero-order chi connectivity index (χ0) is 15.9. The predicted molar refractivity (Wildman–Crippen MR) is 91.1 cm³/mol. The first-order valence-corrected chi connectivity index (χ1v) is 8.38. The summed E-state index contributed by atoms with van der Waals surface area (Å²) in [5.74, 6) is 1.27. The number of piperidine rings is 1. The van der Waals surface area contributed by atoms with Crippen molar-refractivity contribution in [2.75, 3.05) is 33.9 Å². The number of rotatable bonds is 7. The topological polar surface area (TPSA) is 33.7 Å². The Kier molecular flexibility index (Phi) is 6.80. The van der Waals surface area contributed by atoms with Crippen LogP contribution in [0.3, 0.4) is 0 Å². The highest BCUT2D eigenvalue weighted by atomic mass is 35.5. The maximum absolute atomic E-state index is 6.41. The van der Waals surface area contributed by atoms with Crippen LogP contribution in [0.5, 0.6) is 11.5 Å². The summed E-state index contributed by atoms with van der Waals surface area (Å²) in [5.41, 5.74) is 1.03. The number of methoxy groups -OCH3 is 2. The summed E-state index contributed by atoms with van der Waals surface area (Å²) in [6.07, 6.45) is 4.03. The van der Waals surface area contributed by atoms with Gasteiger partial charge in [0.25, 0.3) is 0 Å². The van der Waals surface area contributed by atoms with E-state index in [1.54, 1.807) is 14.2 Å². The van der Waals surface area contributed by atoms with Crippen LogP contribution in [-0.4, -0.2) is 44.8 Å². The second kappa shape index (κ2) is 8.61. The number of nitrogens with zero attached hydrogens (tertiary/aromatic N) is 1. The lowest BCUT2D eigenvalue weighted by Crippen LogP contribution is -2.41. The van der Waals surface area contributed by atoms with Gasteiger partial charge in [0.2, 0.25) is 0 Å². The Bertz CT molecular complexity index is 476. The van der Waals surface area contributed by atoms with E-state index in [9.17, 15) is 0 Å². The van der Waals surface area contributed by atoms with E-state index in [1.807, 2.05) is 12.1 Å². The number of hydrogen-bond acceptors (Lipinski definition) is 4. The number of likely N-dealkylation sites (tertiary alicyclic amines) is 1. The molecular weight excluding hydrogens is 300 g/mol. The standard InChI is InChI=1S/C17H27ClN2O2/c1-13(12-20-9-5-4-6-10-20)19-11-14-7-8-15(21-2)17(22-3)16(14)18/h7-8,13,19H,4-6,9-12H2,1-3H3. The van der Waals surface area contributed by atoms with Crippen molar-refractivity contribution in [2.45, 2.75) is 38.8 Å². The Morgan fingerprint density at radius 2 is 1.91 bits per heavy atom. The minimum absolute atomic E-state index is 0.433. The van der Waals surface area contributed by atoms with Crippen LogP contribution in [0.1, 0.15) is 31.7 Å². The van der Waals surface area contributed by atoms with Gasteiger partial charge in [0.1, 0.15) is 0 Å². The van der Waals surface area contributed by atoms with E-state index in [1.165, 1.54) is 32.4 Å². The summed E-state index contributed by atoms with van der Waals surface area (Å²) in [6.45, 7) is 6.49. The van der Waals surface area contributed by atoms with Gasteiger partial charge in [-0.2, -0.15) is 0 Å². The molecule has 1 heterocycles. The predicted octanol–water partition coefficient (Wildman–Crippen LogP) is 3.32. The second-order valence-electron chi connectivity index (χ2n) is 5.92. The van der Waals surface area contributed by atoms with Gasteiger partial charge in [0, 0.05) is 19.1 Å². The molecule has 22 heavy (non-hydrogen) atoms. The van der Waals surface area contributed by atoms with E-state index in [-0.39, 0.29) is 0 Å². The molecule has 1 saturated heterocycles. The van der Waals surface area contributed by atoms with Gasteiger partial charge in [-0.25, -0.2) is 0 Å². The normalized spacial score (nSPS) is 17.3. The van der Waals surface area contributed by atoms with Crippen LogP contribution in [-0.2, 0) is 6.54 Å². The van der Waals surface area contributed by atoms with Gasteiger partial charge in [0.15, 0.2) is 11.5 Å². The van der Waals surface area contributed by atoms with Crippen LogP contribution in [0.25, 0.3) is 0 Å². The molecule has 0 saturated carbocycles. The molecule has 5 heteroatoms. The third-order valence-electron chi connectivity index (χ3n) is 4.19. The van der Waals surface area contributed by atoms with Crippen molar-refractivity contribution in [3.8, 4) is 11.5 Å². The number of halogens is 1. The van der Waals surface area contributed by atoms with Gasteiger partial charge >= 0.3 is 0 Å². The number of benzene rings is 1. The van der Waals surface area contributed by atoms with Crippen LogP contribution < -0.4 is 14.8 Å². The molecule has 0 aromatic heterocycles. The minimum Gasteiger partial charge on any atom is -0.493 e. The molecule has 1 unspecified atom stereocenters. The van der Waals surface area contributed by atoms with Gasteiger partial charge < -0.3 is 19.7 Å². The zero-order valence-corrected chi connectivity index (χ0v) is 14.6. The third-order valence-corrected chi connectivity index (χ3v) is 4.60. The average Bonchev–Trinajstić information content (AvgIpc) is 2.54. The third kappa shape index (κ3) is 4.51. The Labute approximate surface area is 138 Å². The summed E-state index contributed by atoms with van der Waals surface area (Å²) in [4.78, 5) is 2.54. The molecule has 0 amide bonds. The zero-order valence-electron chi connectivity index (χ0n) is 13.8. The first-order valence-electron chi connectivity index (χ1n) is 8.00. The molecule has 1 fully saturated rings. The molecule has 1 atom stereocenters. The van der Waals surface area contributed by atoms with Crippen LogP contribution in [0, 0.1) is 0 Å². The summed E-state index contributed by atoms with van der Waals surface area (Å²) in [5, 5.41) is 4.18. The molecular formula is C17H27ClN2O2. The van der Waals surface area contributed by atoms with Gasteiger partial charge in [-0.15, -0.1) is 0 Å². The Morgan fingerprint density at radius 1 is 1.18 bits per heavy atom. The first kappa shape index (κ1) is 17.4. The molecule has 1 aliphatic heterocycles. The van der Waals surface area contributed by atoms with Crippen molar-refractivity contribution in [3.05, 3.63) is 22.7 Å². The van der Waals surface area contributed by atoms with Gasteiger partial charge in [0.05, 0.1) is 19.2 Å². The fourth-order valence-electron chi connectivity index (χ4n) is 2.94. The lowest BCUT2D eigenvalue weighted by molar-refractivity contribution is 0.209. The molecule has 0 bridgehead atoms. The van der Waals surface area contributed by atoms with Gasteiger partial charge in [-0.05, 0) is 44.5 Å². The highest BCUT2D eigenvalue weighted by Gasteiger charge is 2.15. The van der Waals surface area contributed by atoms with E-state index in [0.29, 0.717) is 22.6 Å². The SMILES string of the molecule is COc1ccc(CNC(C)CN2CCCCC2)c(Cl)c1OC. The van der Waals surface area contributed by atoms with Gasteiger partial charge in [-0.3, -0.25) is 0 Å². The van der Waals surface area contributed by atoms with Crippen LogP contribution >= 0.6 is 11.6 Å². The largest absolute Gasteiger partial charge is 0.493 e. The van der Waals surface area contributed by atoms with E-state index >= 15 is 0 Å². The molecule has 2 rings (SSSR count). The van der Waals surface area contributed by atoms with E-state index < -0.39 is 0 Å². The molecule has 0 radical (unpaired) electrons. The van der Waals surface area contributed by atoms with Gasteiger partial charge in [-0.1, -0.05) is 24.1 Å². The van der Waals surface area contributed by atoms with E-state index in [4.69, 9.17) is 21.1 Å². The van der Waals surface area contributed by atoms with Crippen molar-refractivity contribution < 1.29 is 9.47 Å². The lowest BCUT2D eigenvalue weighted by Gasteiger charge is -2.29. The Morgan fingerprint density at radius 3 is 2.55 bits per heavy atom. The summed E-state index contributed by atoms with van der Waals surface area (Å²) >= 11 is 6.41. The lowest BCUT2D eigenvalue weighted by atomic mass is 10.1. The average molecular weight is 327 g/mol. The molecule has 1 aromatic rings. The van der Waals surface area contributed by atoms with E-state index in [2.05, 4.69) is 17.1 Å². The molecule has 4 nitrogen and oxygen atoms in total. The number of nitrogens with one attached hydrogen (secondary N) is 1. The fourth-order valence-corrected chi connectivity index (χ4v) is 3.24. The van der Waals surface area contributed by atoms with Crippen molar-refractivity contribution in [2.24, 2.45) is 0 Å². The highest BCUT2D eigenvalue weighted by molar-refractivity contribution is 6.33. The van der Waals surface area contributed by atoms with Crippen LogP contribution in [0.15, 0.2) is 12.1 Å². The fraction of sp³-hybridized carbons (Fsp3) is 0.647. The summed E-state index contributed by atoms with van der Waals surface area (Å²) in [6, 6.07) is 4.32.